The van der Waals surface area contributed by atoms with Crippen molar-refractivity contribution in [1.29, 1.82) is 0 Å². The number of benzene rings is 1. The Balaban J connectivity index is 2.22. The number of nitrogens with one attached hydrogen (secondary N) is 1. The monoisotopic (exact) mass is 335 g/mol. The first kappa shape index (κ1) is 17.5. The fourth-order valence-corrected chi connectivity index (χ4v) is 2.72. The summed E-state index contributed by atoms with van der Waals surface area (Å²) in [6.07, 6.45) is 0.525. The quantitative estimate of drug-likeness (QED) is 0.853. The van der Waals surface area contributed by atoms with E-state index >= 15 is 0 Å². The van der Waals surface area contributed by atoms with Crippen LogP contribution < -0.4 is 5.32 Å². The highest BCUT2D eigenvalue weighted by atomic mass is 35.5. The number of aromatic nitrogens is 2. The third-order valence-corrected chi connectivity index (χ3v) is 4.19. The number of aliphatic hydroxyl groups is 1. The number of aryl methyl sites for hydroxylation is 1. The highest BCUT2D eigenvalue weighted by Crippen LogP contribution is 2.19. The van der Waals surface area contributed by atoms with Gasteiger partial charge in [-0.25, -0.2) is 0 Å². The molecule has 1 amide bonds. The molecule has 0 fully saturated rings. The highest BCUT2D eigenvalue weighted by molar-refractivity contribution is 6.31. The molecule has 1 heterocycles. The molecule has 23 heavy (non-hydrogen) atoms. The molecular weight excluding hydrogens is 314 g/mol. The van der Waals surface area contributed by atoms with Crippen LogP contribution in [0.1, 0.15) is 40.7 Å². The lowest BCUT2D eigenvalue weighted by Crippen LogP contribution is -2.33. The van der Waals surface area contributed by atoms with Crippen molar-refractivity contribution in [3.05, 3.63) is 51.8 Å². The number of rotatable bonds is 6. The van der Waals surface area contributed by atoms with Crippen molar-refractivity contribution < 1.29 is 9.90 Å². The van der Waals surface area contributed by atoms with E-state index < -0.39 is 0 Å². The van der Waals surface area contributed by atoms with E-state index in [1.54, 1.807) is 4.68 Å². The van der Waals surface area contributed by atoms with Crippen LogP contribution in [0.2, 0.25) is 5.02 Å². The fourth-order valence-electron chi connectivity index (χ4n) is 2.53. The van der Waals surface area contributed by atoms with E-state index in [0.29, 0.717) is 29.2 Å². The van der Waals surface area contributed by atoms with Crippen LogP contribution >= 0.6 is 11.6 Å². The summed E-state index contributed by atoms with van der Waals surface area (Å²) in [7, 11) is 0. The maximum atomic E-state index is 12.4. The van der Waals surface area contributed by atoms with E-state index in [4.69, 9.17) is 16.7 Å². The van der Waals surface area contributed by atoms with Crippen molar-refractivity contribution in [2.45, 2.75) is 39.8 Å². The summed E-state index contributed by atoms with van der Waals surface area (Å²) in [5, 5.41) is 17.0. The number of nitrogens with zero attached hydrogens (tertiary/aromatic N) is 2. The Kier molecular flexibility index (Phi) is 5.80. The first-order chi connectivity index (χ1) is 10.9. The van der Waals surface area contributed by atoms with Gasteiger partial charge in [-0.05, 0) is 38.8 Å². The number of carbonyl (C=O) groups is 1. The summed E-state index contributed by atoms with van der Waals surface area (Å²) in [6, 6.07) is 7.51. The molecule has 0 aliphatic rings. The molecule has 5 nitrogen and oxygen atoms in total. The lowest BCUT2D eigenvalue weighted by Gasteiger charge is -2.12. The van der Waals surface area contributed by atoms with Crippen LogP contribution in [0.4, 0.5) is 0 Å². The molecule has 1 aromatic carbocycles. The van der Waals surface area contributed by atoms with Gasteiger partial charge >= 0.3 is 0 Å². The molecule has 2 aromatic rings. The Morgan fingerprint density at radius 1 is 1.39 bits per heavy atom. The molecule has 0 aliphatic carbocycles. The van der Waals surface area contributed by atoms with E-state index in [1.807, 2.05) is 45.0 Å². The molecule has 0 saturated carbocycles. The molecule has 0 bridgehead atoms. The summed E-state index contributed by atoms with van der Waals surface area (Å²) >= 11 is 6.20. The summed E-state index contributed by atoms with van der Waals surface area (Å²) in [5.74, 6) is -0.161. The number of halogens is 1. The lowest BCUT2D eigenvalue weighted by molar-refractivity contribution is 0.0933. The van der Waals surface area contributed by atoms with E-state index in [9.17, 15) is 4.79 Å². The number of carbonyl (C=O) groups excluding carboxylic acids is 1. The molecule has 6 heteroatoms. The molecule has 1 unspecified atom stereocenters. The largest absolute Gasteiger partial charge is 0.396 e. The van der Waals surface area contributed by atoms with E-state index in [0.717, 1.165) is 11.3 Å². The van der Waals surface area contributed by atoms with Crippen molar-refractivity contribution in [1.82, 2.24) is 15.1 Å². The molecule has 0 aliphatic heterocycles. The molecule has 2 rings (SSSR count). The fraction of sp³-hybridized carbons (Fsp3) is 0.412. The van der Waals surface area contributed by atoms with Gasteiger partial charge in [-0.1, -0.05) is 29.8 Å². The number of aliphatic hydroxyl groups excluding tert-OH is 1. The highest BCUT2D eigenvalue weighted by Gasteiger charge is 2.20. The van der Waals surface area contributed by atoms with Crippen molar-refractivity contribution in [3.63, 3.8) is 0 Å². The predicted molar refractivity (Wildman–Crippen MR) is 90.9 cm³/mol. The average molecular weight is 336 g/mol. The minimum absolute atomic E-state index is 0.0468. The van der Waals surface area contributed by atoms with Gasteiger partial charge in [0.05, 0.1) is 17.8 Å². The predicted octanol–water partition coefficient (Wildman–Crippen LogP) is 2.70. The second-order valence-corrected chi connectivity index (χ2v) is 6.09. The zero-order valence-corrected chi connectivity index (χ0v) is 14.4. The Bertz CT molecular complexity index is 697. The van der Waals surface area contributed by atoms with Crippen molar-refractivity contribution in [3.8, 4) is 0 Å². The maximum Gasteiger partial charge on any atom is 0.255 e. The van der Waals surface area contributed by atoms with Crippen LogP contribution in [-0.2, 0) is 6.54 Å². The first-order valence-corrected chi connectivity index (χ1v) is 8.01. The maximum absolute atomic E-state index is 12.4. The van der Waals surface area contributed by atoms with Crippen LogP contribution in [0.5, 0.6) is 0 Å². The molecule has 2 N–H and O–H groups in total. The summed E-state index contributed by atoms with van der Waals surface area (Å²) in [5.41, 5.74) is 3.03. The average Bonchev–Trinajstić information content (AvgIpc) is 2.76. The van der Waals surface area contributed by atoms with Gasteiger partial charge in [-0.3, -0.25) is 9.48 Å². The second kappa shape index (κ2) is 7.62. The Morgan fingerprint density at radius 2 is 2.09 bits per heavy atom. The van der Waals surface area contributed by atoms with Gasteiger partial charge in [0.25, 0.3) is 5.91 Å². The topological polar surface area (TPSA) is 67.2 Å². The van der Waals surface area contributed by atoms with Gasteiger partial charge < -0.3 is 10.4 Å². The van der Waals surface area contributed by atoms with Crippen molar-refractivity contribution >= 4 is 17.5 Å². The molecule has 0 spiro atoms. The zero-order chi connectivity index (χ0) is 17.0. The third kappa shape index (κ3) is 4.12. The molecule has 124 valence electrons. The van der Waals surface area contributed by atoms with Gasteiger partial charge in [-0.15, -0.1) is 0 Å². The molecule has 0 saturated heterocycles. The SMILES string of the molecule is Cc1nn(Cc2ccccc2Cl)c(C)c1C(=O)NC(C)CCO. The standard InChI is InChI=1S/C17H22ClN3O2/c1-11(8-9-22)19-17(23)16-12(2)20-21(13(16)3)10-14-6-4-5-7-15(14)18/h4-7,11,22H,8-10H2,1-3H3,(H,19,23). The summed E-state index contributed by atoms with van der Waals surface area (Å²) in [4.78, 5) is 12.4. The van der Waals surface area contributed by atoms with E-state index in [-0.39, 0.29) is 18.6 Å². The number of hydrogen-bond acceptors (Lipinski definition) is 3. The minimum atomic E-state index is -0.161. The normalized spacial score (nSPS) is 12.2. The Morgan fingerprint density at radius 3 is 2.74 bits per heavy atom. The third-order valence-electron chi connectivity index (χ3n) is 3.83. The smallest absolute Gasteiger partial charge is 0.255 e. The van der Waals surface area contributed by atoms with Crippen LogP contribution in [-0.4, -0.2) is 33.4 Å². The summed E-state index contributed by atoms with van der Waals surface area (Å²) < 4.78 is 1.79. The van der Waals surface area contributed by atoms with Gasteiger partial charge in [0.2, 0.25) is 0 Å². The van der Waals surface area contributed by atoms with Gasteiger partial charge in [0.1, 0.15) is 0 Å². The minimum Gasteiger partial charge on any atom is -0.396 e. The lowest BCUT2D eigenvalue weighted by atomic mass is 10.1. The number of hydrogen-bond donors (Lipinski definition) is 2. The molecule has 0 radical (unpaired) electrons. The van der Waals surface area contributed by atoms with Crippen molar-refractivity contribution in [2.75, 3.05) is 6.61 Å². The first-order valence-electron chi connectivity index (χ1n) is 7.63. The molecule has 1 atom stereocenters. The van der Waals surface area contributed by atoms with Gasteiger partial charge in [0.15, 0.2) is 0 Å². The van der Waals surface area contributed by atoms with Crippen LogP contribution in [0.15, 0.2) is 24.3 Å². The molecular formula is C17H22ClN3O2. The van der Waals surface area contributed by atoms with Crippen molar-refractivity contribution in [2.24, 2.45) is 0 Å². The van der Waals surface area contributed by atoms with E-state index in [1.165, 1.54) is 0 Å². The van der Waals surface area contributed by atoms with Crippen LogP contribution in [0, 0.1) is 13.8 Å². The van der Waals surface area contributed by atoms with Crippen LogP contribution in [0.25, 0.3) is 0 Å². The molecule has 1 aromatic heterocycles. The Labute approximate surface area is 141 Å². The van der Waals surface area contributed by atoms with Gasteiger partial charge in [-0.2, -0.15) is 5.10 Å². The Hall–Kier alpha value is -1.85. The second-order valence-electron chi connectivity index (χ2n) is 5.68. The van der Waals surface area contributed by atoms with E-state index in [2.05, 4.69) is 10.4 Å². The zero-order valence-electron chi connectivity index (χ0n) is 13.6. The van der Waals surface area contributed by atoms with Crippen LogP contribution in [0.3, 0.4) is 0 Å². The number of amides is 1. The van der Waals surface area contributed by atoms with Gasteiger partial charge in [0, 0.05) is 23.4 Å². The summed E-state index contributed by atoms with van der Waals surface area (Å²) in [6.45, 7) is 6.13.